The molecule has 0 radical (unpaired) electrons. The molecule has 0 saturated carbocycles. The number of H-pyrrole nitrogens is 1. The van der Waals surface area contributed by atoms with Crippen LogP contribution >= 0.6 is 11.3 Å². The van der Waals surface area contributed by atoms with Crippen molar-refractivity contribution in [1.82, 2.24) is 20.3 Å². The molecule has 3 heterocycles. The molecule has 3 aromatic heterocycles. The van der Waals surface area contributed by atoms with Gasteiger partial charge in [0.2, 0.25) is 5.56 Å². The minimum absolute atomic E-state index is 0.127. The van der Waals surface area contributed by atoms with E-state index in [4.69, 9.17) is 4.74 Å². The van der Waals surface area contributed by atoms with Crippen molar-refractivity contribution in [2.75, 3.05) is 12.4 Å². The van der Waals surface area contributed by atoms with Crippen molar-refractivity contribution in [3.05, 3.63) is 76.5 Å². The van der Waals surface area contributed by atoms with Gasteiger partial charge in [-0.2, -0.15) is 0 Å². The Kier molecular flexibility index (Phi) is 5.21. The Hall–Kier alpha value is -3.72. The molecule has 29 heavy (non-hydrogen) atoms. The Morgan fingerprint density at radius 1 is 1.17 bits per heavy atom. The molecule has 0 bridgehead atoms. The highest BCUT2D eigenvalue weighted by Gasteiger charge is 2.09. The Labute approximate surface area is 169 Å². The van der Waals surface area contributed by atoms with Gasteiger partial charge in [-0.05, 0) is 23.8 Å². The number of amides is 1. The van der Waals surface area contributed by atoms with Gasteiger partial charge < -0.3 is 20.4 Å². The number of aromatic amines is 1. The minimum Gasteiger partial charge on any atom is -0.457 e. The summed E-state index contributed by atoms with van der Waals surface area (Å²) in [6, 6.07) is 12.2. The number of carbonyl (C=O) groups excluding carboxylic acids is 1. The first kappa shape index (κ1) is 18.6. The predicted octanol–water partition coefficient (Wildman–Crippen LogP) is 3.14. The van der Waals surface area contributed by atoms with Crippen LogP contribution in [0.5, 0.6) is 11.5 Å². The highest BCUT2D eigenvalue weighted by molar-refractivity contribution is 7.22. The summed E-state index contributed by atoms with van der Waals surface area (Å²) in [7, 11) is 1.55. The van der Waals surface area contributed by atoms with Crippen LogP contribution in [-0.2, 0) is 6.54 Å². The van der Waals surface area contributed by atoms with Gasteiger partial charge in [0.15, 0.2) is 5.13 Å². The van der Waals surface area contributed by atoms with Gasteiger partial charge in [0, 0.05) is 44.2 Å². The molecule has 4 aromatic rings. The first-order valence-corrected chi connectivity index (χ1v) is 9.60. The van der Waals surface area contributed by atoms with E-state index in [2.05, 4.69) is 25.6 Å². The zero-order valence-corrected chi connectivity index (χ0v) is 16.2. The lowest BCUT2D eigenvalue weighted by Gasteiger charge is -2.06. The van der Waals surface area contributed by atoms with E-state index in [-0.39, 0.29) is 17.2 Å². The molecule has 0 aliphatic carbocycles. The maximum Gasteiger partial charge on any atom is 0.269 e. The van der Waals surface area contributed by atoms with Crippen LogP contribution in [0.15, 0.2) is 59.7 Å². The van der Waals surface area contributed by atoms with E-state index >= 15 is 0 Å². The fourth-order valence-electron chi connectivity index (χ4n) is 2.64. The summed E-state index contributed by atoms with van der Waals surface area (Å²) in [4.78, 5) is 34.1. The van der Waals surface area contributed by atoms with Crippen LogP contribution in [0, 0.1) is 0 Å². The molecule has 146 valence electrons. The number of fused-ring (bicyclic) bond motifs is 1. The van der Waals surface area contributed by atoms with E-state index in [9.17, 15) is 9.59 Å². The van der Waals surface area contributed by atoms with Gasteiger partial charge in [-0.25, -0.2) is 4.98 Å². The van der Waals surface area contributed by atoms with Crippen molar-refractivity contribution >= 4 is 32.6 Å². The van der Waals surface area contributed by atoms with E-state index < -0.39 is 0 Å². The average Bonchev–Trinajstić information content (AvgIpc) is 3.15. The lowest BCUT2D eigenvalue weighted by molar-refractivity contribution is 0.0958. The normalized spacial score (nSPS) is 10.7. The fourth-order valence-corrected chi connectivity index (χ4v) is 3.53. The number of pyridine rings is 2. The molecule has 3 N–H and O–H groups in total. The second kappa shape index (κ2) is 8.11. The number of anilines is 1. The minimum atomic E-state index is -0.272. The maximum atomic E-state index is 11.7. The van der Waals surface area contributed by atoms with Crippen molar-refractivity contribution in [2.45, 2.75) is 6.54 Å². The van der Waals surface area contributed by atoms with E-state index in [1.54, 1.807) is 31.4 Å². The topological polar surface area (TPSA) is 109 Å². The molecule has 0 aliphatic heterocycles. The summed E-state index contributed by atoms with van der Waals surface area (Å²) < 4.78 is 6.84. The number of ether oxygens (including phenoxy) is 1. The molecule has 1 aromatic carbocycles. The monoisotopic (exact) mass is 407 g/mol. The van der Waals surface area contributed by atoms with Gasteiger partial charge in [0.05, 0.1) is 10.2 Å². The lowest BCUT2D eigenvalue weighted by Crippen LogP contribution is -2.18. The molecule has 1 amide bonds. The SMILES string of the molecule is CNC(=O)c1cc(Oc2ccc3nc(NCc4ccc(=O)[nH]c4)sc3c2)ccn1. The van der Waals surface area contributed by atoms with Crippen molar-refractivity contribution in [3.8, 4) is 11.5 Å². The number of hydrogen-bond acceptors (Lipinski definition) is 7. The first-order chi connectivity index (χ1) is 14.1. The van der Waals surface area contributed by atoms with E-state index in [0.717, 1.165) is 20.9 Å². The van der Waals surface area contributed by atoms with Crippen molar-refractivity contribution in [1.29, 1.82) is 0 Å². The van der Waals surface area contributed by atoms with Crippen LogP contribution in [0.1, 0.15) is 16.1 Å². The number of benzene rings is 1. The molecule has 9 heteroatoms. The summed E-state index contributed by atoms with van der Waals surface area (Å²) in [6.07, 6.45) is 3.21. The number of hydrogen-bond donors (Lipinski definition) is 3. The number of aromatic nitrogens is 3. The third-order valence-electron chi connectivity index (χ3n) is 4.08. The second-order valence-corrected chi connectivity index (χ2v) is 7.15. The molecule has 0 spiro atoms. The number of carbonyl (C=O) groups is 1. The molecule has 0 unspecified atom stereocenters. The van der Waals surface area contributed by atoms with Crippen molar-refractivity contribution < 1.29 is 9.53 Å². The average molecular weight is 407 g/mol. The van der Waals surface area contributed by atoms with Crippen LogP contribution in [0.2, 0.25) is 0 Å². The van der Waals surface area contributed by atoms with Gasteiger partial charge >= 0.3 is 0 Å². The molecular weight excluding hydrogens is 390 g/mol. The highest BCUT2D eigenvalue weighted by atomic mass is 32.1. The van der Waals surface area contributed by atoms with E-state index in [1.165, 1.54) is 23.6 Å². The van der Waals surface area contributed by atoms with Gasteiger partial charge in [0.1, 0.15) is 17.2 Å². The fraction of sp³-hybridized carbons (Fsp3) is 0.100. The molecule has 0 aliphatic rings. The van der Waals surface area contributed by atoms with Crippen LogP contribution < -0.4 is 20.9 Å². The van der Waals surface area contributed by atoms with Crippen molar-refractivity contribution in [3.63, 3.8) is 0 Å². The quantitative estimate of drug-likeness (QED) is 0.453. The Balaban J connectivity index is 1.49. The zero-order chi connectivity index (χ0) is 20.2. The smallest absolute Gasteiger partial charge is 0.269 e. The van der Waals surface area contributed by atoms with Crippen LogP contribution in [0.3, 0.4) is 0 Å². The Morgan fingerprint density at radius 2 is 2.03 bits per heavy atom. The summed E-state index contributed by atoms with van der Waals surface area (Å²) in [5.74, 6) is 0.896. The number of nitrogens with one attached hydrogen (secondary N) is 3. The first-order valence-electron chi connectivity index (χ1n) is 8.79. The second-order valence-electron chi connectivity index (χ2n) is 6.12. The van der Waals surface area contributed by atoms with Crippen LogP contribution in [-0.4, -0.2) is 27.9 Å². The summed E-state index contributed by atoms with van der Waals surface area (Å²) >= 11 is 1.51. The predicted molar refractivity (Wildman–Crippen MR) is 112 cm³/mol. The van der Waals surface area contributed by atoms with E-state index in [1.807, 2.05) is 18.2 Å². The van der Waals surface area contributed by atoms with E-state index in [0.29, 0.717) is 18.0 Å². The molecule has 0 saturated heterocycles. The Bertz CT molecular complexity index is 1210. The van der Waals surface area contributed by atoms with Gasteiger partial charge in [-0.15, -0.1) is 0 Å². The molecule has 4 rings (SSSR count). The third-order valence-corrected chi connectivity index (χ3v) is 5.05. The summed E-state index contributed by atoms with van der Waals surface area (Å²) in [5.41, 5.74) is 1.97. The molecule has 8 nitrogen and oxygen atoms in total. The van der Waals surface area contributed by atoms with Gasteiger partial charge in [-0.1, -0.05) is 17.4 Å². The number of nitrogens with zero attached hydrogens (tertiary/aromatic N) is 2. The standard InChI is InChI=1S/C20H17N5O3S/c1-21-19(27)16-8-14(6-7-22-16)28-13-3-4-15-17(9-13)29-20(25-15)24-11-12-2-5-18(26)23-10-12/h2-10H,11H2,1H3,(H,21,27)(H,23,26)(H,24,25). The highest BCUT2D eigenvalue weighted by Crippen LogP contribution is 2.31. The zero-order valence-electron chi connectivity index (χ0n) is 15.4. The van der Waals surface area contributed by atoms with Crippen LogP contribution in [0.4, 0.5) is 5.13 Å². The number of rotatable bonds is 6. The van der Waals surface area contributed by atoms with Crippen LogP contribution in [0.25, 0.3) is 10.2 Å². The molecular formula is C20H17N5O3S. The van der Waals surface area contributed by atoms with Crippen molar-refractivity contribution in [2.24, 2.45) is 0 Å². The third kappa shape index (κ3) is 4.41. The van der Waals surface area contributed by atoms with Gasteiger partial charge in [-0.3, -0.25) is 14.6 Å². The summed E-state index contributed by atoms with van der Waals surface area (Å²) in [5, 5.41) is 6.57. The summed E-state index contributed by atoms with van der Waals surface area (Å²) in [6.45, 7) is 0.555. The molecule has 0 fully saturated rings. The number of thiazole rings is 1. The van der Waals surface area contributed by atoms with Gasteiger partial charge in [0.25, 0.3) is 5.91 Å². The maximum absolute atomic E-state index is 11.7. The largest absolute Gasteiger partial charge is 0.457 e. The lowest BCUT2D eigenvalue weighted by atomic mass is 10.3. The molecule has 0 atom stereocenters. The Morgan fingerprint density at radius 3 is 2.83 bits per heavy atom.